The number of hydrogen-bond acceptors (Lipinski definition) is 3. The van der Waals surface area contributed by atoms with Crippen LogP contribution in [0, 0.1) is 4.77 Å². The van der Waals surface area contributed by atoms with Crippen LogP contribution in [0.1, 0.15) is 6.92 Å². The minimum absolute atomic E-state index is 0.0839. The Labute approximate surface area is 85.2 Å². The molecular formula is C9H9N3OS. The molecule has 0 amide bonds. The van der Waals surface area contributed by atoms with E-state index in [4.69, 9.17) is 12.2 Å². The highest BCUT2D eigenvalue weighted by Crippen LogP contribution is 2.01. The maximum absolute atomic E-state index is 11.8. The van der Waals surface area contributed by atoms with Gasteiger partial charge in [-0.15, -0.1) is 0 Å². The Bertz CT molecular complexity index is 584. The molecule has 4 nitrogen and oxygen atoms in total. The summed E-state index contributed by atoms with van der Waals surface area (Å²) in [7, 11) is 0. The molecule has 14 heavy (non-hydrogen) atoms. The highest BCUT2D eigenvalue weighted by atomic mass is 32.1. The molecule has 5 heteroatoms. The Kier molecular flexibility index (Phi) is 2.17. The first-order valence-corrected chi connectivity index (χ1v) is 4.72. The molecule has 0 aliphatic heterocycles. The first kappa shape index (κ1) is 9.08. The normalized spacial score (nSPS) is 10.6. The Morgan fingerprint density at radius 1 is 1.64 bits per heavy atom. The van der Waals surface area contributed by atoms with Gasteiger partial charge in [0.25, 0.3) is 5.56 Å². The molecule has 0 aromatic carbocycles. The first-order chi connectivity index (χ1) is 6.74. The molecule has 0 atom stereocenters. The zero-order valence-electron chi connectivity index (χ0n) is 7.65. The first-order valence-electron chi connectivity index (χ1n) is 4.32. The van der Waals surface area contributed by atoms with E-state index in [1.807, 2.05) is 6.92 Å². The van der Waals surface area contributed by atoms with Crippen molar-refractivity contribution in [2.24, 2.45) is 0 Å². The van der Waals surface area contributed by atoms with Gasteiger partial charge in [-0.25, -0.2) is 4.98 Å². The third-order valence-electron chi connectivity index (χ3n) is 2.07. The lowest BCUT2D eigenvalue weighted by molar-refractivity contribution is 0.703. The summed E-state index contributed by atoms with van der Waals surface area (Å²) in [5.74, 6) is 0. The molecule has 0 aliphatic rings. The molecule has 2 aromatic heterocycles. The van der Waals surface area contributed by atoms with Crippen LogP contribution in [-0.4, -0.2) is 14.5 Å². The van der Waals surface area contributed by atoms with Crippen LogP contribution in [0.5, 0.6) is 0 Å². The van der Waals surface area contributed by atoms with Crippen molar-refractivity contribution in [3.8, 4) is 0 Å². The predicted molar refractivity (Wildman–Crippen MR) is 56.9 cm³/mol. The van der Waals surface area contributed by atoms with Crippen molar-refractivity contribution in [2.45, 2.75) is 13.5 Å². The second kappa shape index (κ2) is 3.34. The van der Waals surface area contributed by atoms with E-state index in [2.05, 4.69) is 9.97 Å². The van der Waals surface area contributed by atoms with Crippen LogP contribution in [0.15, 0.2) is 23.1 Å². The minimum atomic E-state index is -0.0839. The lowest BCUT2D eigenvalue weighted by Gasteiger charge is -2.03. The topological polar surface area (TPSA) is 50.7 Å². The molecule has 0 saturated carbocycles. The molecule has 0 radical (unpaired) electrons. The quantitative estimate of drug-likeness (QED) is 0.720. The standard InChI is InChI=1S/C9H9N3OS/c1-2-12-8(13)6-4-3-5-10-7(6)11-9(12)14/h3-5H,2H2,1H3,(H,10,11,14). The molecule has 0 bridgehead atoms. The van der Waals surface area contributed by atoms with Gasteiger partial charge in [0.05, 0.1) is 5.39 Å². The van der Waals surface area contributed by atoms with Gasteiger partial charge in [-0.3, -0.25) is 9.36 Å². The third-order valence-corrected chi connectivity index (χ3v) is 2.39. The number of pyridine rings is 1. The van der Waals surface area contributed by atoms with E-state index in [-0.39, 0.29) is 5.56 Å². The van der Waals surface area contributed by atoms with Crippen LogP contribution in [0.25, 0.3) is 11.0 Å². The lowest BCUT2D eigenvalue weighted by Crippen LogP contribution is -2.21. The van der Waals surface area contributed by atoms with E-state index < -0.39 is 0 Å². The van der Waals surface area contributed by atoms with E-state index in [1.165, 1.54) is 4.57 Å². The highest BCUT2D eigenvalue weighted by molar-refractivity contribution is 7.71. The molecule has 0 unspecified atom stereocenters. The van der Waals surface area contributed by atoms with Crippen LogP contribution in [0.3, 0.4) is 0 Å². The summed E-state index contributed by atoms with van der Waals surface area (Å²) in [5, 5.41) is 0.572. The number of aromatic nitrogens is 3. The van der Waals surface area contributed by atoms with Gasteiger partial charge in [0.1, 0.15) is 5.65 Å². The second-order valence-electron chi connectivity index (χ2n) is 2.88. The van der Waals surface area contributed by atoms with Gasteiger partial charge in [-0.1, -0.05) is 0 Å². The fourth-order valence-corrected chi connectivity index (χ4v) is 1.68. The molecule has 2 heterocycles. The number of hydrogen-bond donors (Lipinski definition) is 1. The van der Waals surface area contributed by atoms with Gasteiger partial charge in [0.15, 0.2) is 4.77 Å². The molecule has 0 saturated heterocycles. The molecule has 2 aromatic rings. The summed E-state index contributed by atoms with van der Waals surface area (Å²) < 4.78 is 1.93. The fraction of sp³-hybridized carbons (Fsp3) is 0.222. The lowest BCUT2D eigenvalue weighted by atomic mass is 10.3. The summed E-state index contributed by atoms with van der Waals surface area (Å²) in [5.41, 5.74) is 0.464. The molecule has 1 N–H and O–H groups in total. The van der Waals surface area contributed by atoms with Gasteiger partial charge in [-0.2, -0.15) is 0 Å². The molecule has 0 fully saturated rings. The Balaban J connectivity index is 3.01. The van der Waals surface area contributed by atoms with Crippen LogP contribution in [0.4, 0.5) is 0 Å². The third kappa shape index (κ3) is 1.26. The maximum atomic E-state index is 11.8. The molecule has 0 aliphatic carbocycles. The Morgan fingerprint density at radius 2 is 2.43 bits per heavy atom. The Hall–Kier alpha value is -1.49. The zero-order chi connectivity index (χ0) is 10.1. The van der Waals surface area contributed by atoms with Crippen molar-refractivity contribution >= 4 is 23.3 Å². The maximum Gasteiger partial charge on any atom is 0.263 e. The SMILES string of the molecule is CCn1c(=S)[nH]c2ncccc2c1=O. The van der Waals surface area contributed by atoms with Gasteiger partial charge >= 0.3 is 0 Å². The minimum Gasteiger partial charge on any atom is -0.316 e. The van der Waals surface area contributed by atoms with Crippen molar-refractivity contribution in [3.05, 3.63) is 33.5 Å². The van der Waals surface area contributed by atoms with Crippen molar-refractivity contribution < 1.29 is 0 Å². The smallest absolute Gasteiger partial charge is 0.263 e. The number of nitrogens with one attached hydrogen (secondary N) is 1. The Morgan fingerprint density at radius 3 is 3.14 bits per heavy atom. The van der Waals surface area contributed by atoms with Crippen molar-refractivity contribution in [2.75, 3.05) is 0 Å². The van der Waals surface area contributed by atoms with Crippen LogP contribution < -0.4 is 5.56 Å². The monoisotopic (exact) mass is 207 g/mol. The van der Waals surface area contributed by atoms with Crippen molar-refractivity contribution in [1.82, 2.24) is 14.5 Å². The highest BCUT2D eigenvalue weighted by Gasteiger charge is 2.03. The van der Waals surface area contributed by atoms with E-state index >= 15 is 0 Å². The second-order valence-corrected chi connectivity index (χ2v) is 3.27. The van der Waals surface area contributed by atoms with Crippen LogP contribution >= 0.6 is 12.2 Å². The predicted octanol–water partition coefficient (Wildman–Crippen LogP) is 1.47. The average Bonchev–Trinajstić information content (AvgIpc) is 2.18. The largest absolute Gasteiger partial charge is 0.316 e. The van der Waals surface area contributed by atoms with Crippen LogP contribution in [-0.2, 0) is 6.54 Å². The average molecular weight is 207 g/mol. The summed E-state index contributed by atoms with van der Waals surface area (Å²) in [6.45, 7) is 2.45. The van der Waals surface area contributed by atoms with Gasteiger partial charge < -0.3 is 4.98 Å². The van der Waals surface area contributed by atoms with E-state index in [9.17, 15) is 4.79 Å². The fourth-order valence-electron chi connectivity index (χ4n) is 1.37. The van der Waals surface area contributed by atoms with Crippen LogP contribution in [0.2, 0.25) is 0 Å². The van der Waals surface area contributed by atoms with E-state index in [0.29, 0.717) is 22.3 Å². The molecule has 0 spiro atoms. The summed E-state index contributed by atoms with van der Waals surface area (Å²) in [6, 6.07) is 3.47. The van der Waals surface area contributed by atoms with Crippen molar-refractivity contribution in [1.29, 1.82) is 0 Å². The summed E-state index contributed by atoms with van der Waals surface area (Å²) in [4.78, 5) is 18.8. The van der Waals surface area contributed by atoms with E-state index in [0.717, 1.165) is 0 Å². The van der Waals surface area contributed by atoms with Crippen molar-refractivity contribution in [3.63, 3.8) is 0 Å². The number of rotatable bonds is 1. The molecule has 72 valence electrons. The molecular weight excluding hydrogens is 198 g/mol. The zero-order valence-corrected chi connectivity index (χ0v) is 8.47. The van der Waals surface area contributed by atoms with Gasteiger partial charge in [0, 0.05) is 12.7 Å². The number of aromatic amines is 1. The summed E-state index contributed by atoms with van der Waals surface area (Å²) in [6.07, 6.45) is 1.63. The number of H-pyrrole nitrogens is 1. The van der Waals surface area contributed by atoms with Gasteiger partial charge in [0.2, 0.25) is 0 Å². The number of nitrogens with zero attached hydrogens (tertiary/aromatic N) is 2. The number of fused-ring (bicyclic) bond motifs is 1. The molecule has 2 rings (SSSR count). The van der Waals surface area contributed by atoms with E-state index in [1.54, 1.807) is 18.3 Å². The van der Waals surface area contributed by atoms with Gasteiger partial charge in [-0.05, 0) is 31.3 Å². The summed E-state index contributed by atoms with van der Waals surface area (Å²) >= 11 is 5.03.